The smallest absolute Gasteiger partial charge is 0.387 e. The number of ether oxygens (including phenoxy) is 1. The third kappa shape index (κ3) is 9.57. The molecule has 0 aliphatic rings. The summed E-state index contributed by atoms with van der Waals surface area (Å²) in [5.41, 5.74) is 1.40. The van der Waals surface area contributed by atoms with Crippen LogP contribution in [0.3, 0.4) is 0 Å². The molecule has 30 heavy (non-hydrogen) atoms. The highest BCUT2D eigenvalue weighted by Gasteiger charge is 2.11. The van der Waals surface area contributed by atoms with E-state index in [-0.39, 0.29) is 48.7 Å². The van der Waals surface area contributed by atoms with E-state index in [4.69, 9.17) is 11.6 Å². The van der Waals surface area contributed by atoms with Crippen LogP contribution < -0.4 is 20.7 Å². The van der Waals surface area contributed by atoms with Gasteiger partial charge in [-0.1, -0.05) is 41.9 Å². The normalized spacial score (nSPS) is 10.9. The van der Waals surface area contributed by atoms with Gasteiger partial charge in [0.2, 0.25) is 5.91 Å². The summed E-state index contributed by atoms with van der Waals surface area (Å²) in [6.07, 6.45) is 0. The summed E-state index contributed by atoms with van der Waals surface area (Å²) in [6.45, 7) is -0.0342. The number of halogens is 4. The number of rotatable bonds is 9. The first-order chi connectivity index (χ1) is 14.0. The molecule has 0 bridgehead atoms. The van der Waals surface area contributed by atoms with Gasteiger partial charge in [-0.25, -0.2) is 4.99 Å². The van der Waals surface area contributed by atoms with E-state index in [0.717, 1.165) is 5.56 Å². The van der Waals surface area contributed by atoms with Gasteiger partial charge in [0.1, 0.15) is 5.75 Å². The number of nitrogens with one attached hydrogen (secondary N) is 3. The predicted octanol–water partition coefficient (Wildman–Crippen LogP) is 3.93. The van der Waals surface area contributed by atoms with Crippen molar-refractivity contribution in [1.29, 1.82) is 0 Å². The summed E-state index contributed by atoms with van der Waals surface area (Å²) in [5, 5.41) is 9.09. The van der Waals surface area contributed by atoms with Crippen LogP contribution in [0.4, 0.5) is 8.78 Å². The number of nitrogens with zero attached hydrogens (tertiary/aromatic N) is 1. The lowest BCUT2D eigenvalue weighted by molar-refractivity contribution is -0.120. The molecule has 0 radical (unpaired) electrons. The van der Waals surface area contributed by atoms with Crippen LogP contribution in [-0.2, 0) is 17.9 Å². The van der Waals surface area contributed by atoms with Crippen molar-refractivity contribution < 1.29 is 18.3 Å². The van der Waals surface area contributed by atoms with E-state index in [9.17, 15) is 13.6 Å². The Balaban J connectivity index is 0.00000450. The van der Waals surface area contributed by atoms with Gasteiger partial charge in [0, 0.05) is 23.7 Å². The number of aliphatic imine (C=N–C) groups is 1. The average molecular weight is 553 g/mol. The highest BCUT2D eigenvalue weighted by molar-refractivity contribution is 14.0. The second-order valence-corrected chi connectivity index (χ2v) is 6.38. The van der Waals surface area contributed by atoms with E-state index in [1.54, 1.807) is 0 Å². The molecule has 0 aliphatic carbocycles. The van der Waals surface area contributed by atoms with Gasteiger partial charge >= 0.3 is 6.61 Å². The molecule has 2 aromatic rings. The zero-order chi connectivity index (χ0) is 21.1. The zero-order valence-electron chi connectivity index (χ0n) is 16.3. The lowest BCUT2D eigenvalue weighted by Gasteiger charge is -2.13. The fourth-order valence-electron chi connectivity index (χ4n) is 2.41. The molecule has 6 nitrogen and oxygen atoms in total. The first-order valence-corrected chi connectivity index (χ1v) is 9.41. The summed E-state index contributed by atoms with van der Waals surface area (Å²) < 4.78 is 29.6. The van der Waals surface area contributed by atoms with Gasteiger partial charge in [-0.05, 0) is 30.7 Å². The number of benzene rings is 2. The van der Waals surface area contributed by atoms with Crippen molar-refractivity contribution in [3.05, 3.63) is 64.7 Å². The van der Waals surface area contributed by atoms with Crippen molar-refractivity contribution in [2.75, 3.05) is 13.1 Å². The second kappa shape index (κ2) is 14.0. The maximum absolute atomic E-state index is 12.6. The van der Waals surface area contributed by atoms with Crippen LogP contribution >= 0.6 is 35.6 Å². The molecular formula is C20H24ClF2IN4O2. The van der Waals surface area contributed by atoms with E-state index < -0.39 is 6.61 Å². The molecule has 2 aromatic carbocycles. The number of carbonyl (C=O) groups excluding carboxylic acids is 1. The highest BCUT2D eigenvalue weighted by Crippen LogP contribution is 2.25. The summed E-state index contributed by atoms with van der Waals surface area (Å²) in [6, 6.07) is 13.9. The lowest BCUT2D eigenvalue weighted by Crippen LogP contribution is -2.43. The Hall–Kier alpha value is -2.14. The Labute approximate surface area is 196 Å². The minimum Gasteiger partial charge on any atom is -0.434 e. The minimum absolute atomic E-state index is 0. The quantitative estimate of drug-likeness (QED) is 0.250. The minimum atomic E-state index is -2.95. The van der Waals surface area contributed by atoms with Gasteiger partial charge in [-0.15, -0.1) is 24.0 Å². The van der Waals surface area contributed by atoms with E-state index >= 15 is 0 Å². The molecule has 0 heterocycles. The molecule has 0 atom stereocenters. The van der Waals surface area contributed by atoms with Crippen molar-refractivity contribution in [1.82, 2.24) is 16.0 Å². The third-order valence-electron chi connectivity index (χ3n) is 3.74. The van der Waals surface area contributed by atoms with E-state index in [1.807, 2.05) is 37.3 Å². The van der Waals surface area contributed by atoms with Crippen molar-refractivity contribution in [3.63, 3.8) is 0 Å². The summed E-state index contributed by atoms with van der Waals surface area (Å²) in [7, 11) is 0. The van der Waals surface area contributed by atoms with Gasteiger partial charge in [-0.2, -0.15) is 8.78 Å². The van der Waals surface area contributed by atoms with Crippen LogP contribution in [0, 0.1) is 0 Å². The maximum atomic E-state index is 12.6. The van der Waals surface area contributed by atoms with E-state index in [1.165, 1.54) is 18.2 Å². The number of hydrogen-bond donors (Lipinski definition) is 3. The number of carbonyl (C=O) groups is 1. The molecule has 10 heteroatoms. The van der Waals surface area contributed by atoms with Crippen LogP contribution in [0.2, 0.25) is 5.02 Å². The SMILES string of the molecule is CCNC(=NCc1cc(Cl)ccc1OC(F)F)NCC(=O)NCc1ccccc1.I. The maximum Gasteiger partial charge on any atom is 0.387 e. The molecule has 0 aliphatic heterocycles. The molecule has 0 saturated carbocycles. The second-order valence-electron chi connectivity index (χ2n) is 5.94. The number of hydrogen-bond acceptors (Lipinski definition) is 3. The Morgan fingerprint density at radius 2 is 1.87 bits per heavy atom. The summed E-state index contributed by atoms with van der Waals surface area (Å²) >= 11 is 5.94. The molecule has 3 N–H and O–H groups in total. The van der Waals surface area contributed by atoms with Crippen LogP contribution in [0.25, 0.3) is 0 Å². The zero-order valence-corrected chi connectivity index (χ0v) is 19.4. The van der Waals surface area contributed by atoms with Crippen molar-refractivity contribution >= 4 is 47.4 Å². The third-order valence-corrected chi connectivity index (χ3v) is 3.97. The molecule has 0 unspecified atom stereocenters. The summed E-state index contributed by atoms with van der Waals surface area (Å²) in [4.78, 5) is 16.4. The fraction of sp³-hybridized carbons (Fsp3) is 0.300. The van der Waals surface area contributed by atoms with Crippen LogP contribution in [0.15, 0.2) is 53.5 Å². The Morgan fingerprint density at radius 1 is 1.13 bits per heavy atom. The van der Waals surface area contributed by atoms with E-state index in [0.29, 0.717) is 29.6 Å². The van der Waals surface area contributed by atoms with Gasteiger partial charge in [-0.3, -0.25) is 4.79 Å². The molecule has 0 spiro atoms. The largest absolute Gasteiger partial charge is 0.434 e. The predicted molar refractivity (Wildman–Crippen MR) is 125 cm³/mol. The Kier molecular flexibility index (Phi) is 12.1. The molecular weight excluding hydrogens is 529 g/mol. The van der Waals surface area contributed by atoms with Crippen LogP contribution in [-0.4, -0.2) is 31.6 Å². The fourth-order valence-corrected chi connectivity index (χ4v) is 2.61. The molecule has 164 valence electrons. The van der Waals surface area contributed by atoms with Crippen LogP contribution in [0.5, 0.6) is 5.75 Å². The first kappa shape index (κ1) is 25.9. The van der Waals surface area contributed by atoms with Gasteiger partial charge in [0.05, 0.1) is 13.1 Å². The van der Waals surface area contributed by atoms with E-state index in [2.05, 4.69) is 25.7 Å². The molecule has 0 saturated heterocycles. The Bertz CT molecular complexity index is 826. The van der Waals surface area contributed by atoms with Crippen molar-refractivity contribution in [3.8, 4) is 5.75 Å². The van der Waals surface area contributed by atoms with Crippen molar-refractivity contribution in [2.24, 2.45) is 4.99 Å². The monoisotopic (exact) mass is 552 g/mol. The molecule has 0 aromatic heterocycles. The molecule has 0 fully saturated rings. The lowest BCUT2D eigenvalue weighted by atomic mass is 10.2. The Morgan fingerprint density at radius 3 is 2.53 bits per heavy atom. The standard InChI is InChI=1S/C20H23ClF2N4O2.HI/c1-2-24-20(27-13-18(28)25-11-14-6-4-3-5-7-14)26-12-15-10-16(21)8-9-17(15)29-19(22)23;/h3-10,19H,2,11-13H2,1H3,(H,25,28)(H2,24,26,27);1H. The molecule has 2 rings (SSSR count). The average Bonchev–Trinajstić information content (AvgIpc) is 2.70. The number of alkyl halides is 2. The van der Waals surface area contributed by atoms with Gasteiger partial charge in [0.25, 0.3) is 0 Å². The highest BCUT2D eigenvalue weighted by atomic mass is 127. The van der Waals surface area contributed by atoms with Crippen molar-refractivity contribution in [2.45, 2.75) is 26.6 Å². The molecule has 1 amide bonds. The summed E-state index contributed by atoms with van der Waals surface area (Å²) in [5.74, 6) is 0.166. The first-order valence-electron chi connectivity index (χ1n) is 9.04. The van der Waals surface area contributed by atoms with Gasteiger partial charge in [0.15, 0.2) is 5.96 Å². The van der Waals surface area contributed by atoms with Gasteiger partial charge < -0.3 is 20.7 Å². The topological polar surface area (TPSA) is 74.8 Å². The number of amides is 1. The number of guanidine groups is 1. The van der Waals surface area contributed by atoms with Crippen LogP contribution in [0.1, 0.15) is 18.1 Å².